The maximum absolute atomic E-state index is 3.45. The lowest BCUT2D eigenvalue weighted by molar-refractivity contribution is 0.579. The second-order valence-corrected chi connectivity index (χ2v) is 10.3. The Bertz CT molecular complexity index is 1400. The molecule has 0 heterocycles. The molecular formula is C34H33I. The van der Waals surface area contributed by atoms with E-state index in [1.165, 1.54) is 76.5 Å². The van der Waals surface area contributed by atoms with Crippen molar-refractivity contribution in [3.05, 3.63) is 93.1 Å². The number of unbranched alkanes of at least 4 members (excludes halogenated alkanes) is 8. The molecule has 4 aromatic carbocycles. The summed E-state index contributed by atoms with van der Waals surface area (Å²) in [6.07, 6.45) is 11.7. The molecule has 0 fully saturated rings. The number of hydrogen-bond donors (Lipinski definition) is 0. The van der Waals surface area contributed by atoms with Crippen molar-refractivity contribution in [3.8, 4) is 23.7 Å². The molecule has 0 nitrogen and oxygen atoms in total. The van der Waals surface area contributed by atoms with Crippen molar-refractivity contribution in [2.75, 3.05) is 0 Å². The highest BCUT2D eigenvalue weighted by atomic mass is 127. The molecule has 0 bridgehead atoms. The summed E-state index contributed by atoms with van der Waals surface area (Å²) < 4.78 is 1.25. The van der Waals surface area contributed by atoms with Crippen LogP contribution in [0.2, 0.25) is 0 Å². The molecule has 0 spiro atoms. The van der Waals surface area contributed by atoms with Crippen LogP contribution in [0.4, 0.5) is 0 Å². The average molecular weight is 569 g/mol. The summed E-state index contributed by atoms with van der Waals surface area (Å²) in [5.74, 6) is 13.8. The summed E-state index contributed by atoms with van der Waals surface area (Å²) in [6, 6.07) is 25.6. The summed E-state index contributed by atoms with van der Waals surface area (Å²) in [4.78, 5) is 0. The fourth-order valence-electron chi connectivity index (χ4n) is 4.53. The molecule has 0 aromatic heterocycles. The number of rotatable bonds is 8. The molecule has 35 heavy (non-hydrogen) atoms. The predicted octanol–water partition coefficient (Wildman–Crippen LogP) is 9.88. The normalized spacial score (nSPS) is 10.6. The molecule has 0 saturated carbocycles. The van der Waals surface area contributed by atoms with E-state index in [2.05, 4.69) is 126 Å². The van der Waals surface area contributed by atoms with Crippen LogP contribution >= 0.6 is 22.6 Å². The van der Waals surface area contributed by atoms with E-state index in [1.54, 1.807) is 0 Å². The van der Waals surface area contributed by atoms with Crippen molar-refractivity contribution in [1.29, 1.82) is 0 Å². The van der Waals surface area contributed by atoms with Crippen molar-refractivity contribution in [1.82, 2.24) is 0 Å². The summed E-state index contributed by atoms with van der Waals surface area (Å²) >= 11 is 2.39. The highest BCUT2D eigenvalue weighted by Crippen LogP contribution is 2.25. The quantitative estimate of drug-likeness (QED) is 0.113. The Balaban J connectivity index is 1.47. The molecule has 0 aliphatic carbocycles. The van der Waals surface area contributed by atoms with Crippen LogP contribution in [0.1, 0.15) is 81.4 Å². The van der Waals surface area contributed by atoms with Gasteiger partial charge in [0.1, 0.15) is 0 Å². The Hall–Kier alpha value is -2.75. The summed E-state index contributed by atoms with van der Waals surface area (Å²) in [5.41, 5.74) is 3.22. The number of fused-ring (bicyclic) bond motifs is 2. The van der Waals surface area contributed by atoms with Crippen LogP contribution in [0, 0.1) is 27.3 Å². The molecule has 0 atom stereocenters. The van der Waals surface area contributed by atoms with Gasteiger partial charge in [-0.05, 0) is 74.8 Å². The van der Waals surface area contributed by atoms with Gasteiger partial charge in [-0.15, -0.1) is 0 Å². The summed E-state index contributed by atoms with van der Waals surface area (Å²) in [7, 11) is 0. The Morgan fingerprint density at radius 3 is 1.57 bits per heavy atom. The van der Waals surface area contributed by atoms with Crippen molar-refractivity contribution in [2.24, 2.45) is 0 Å². The predicted molar refractivity (Wildman–Crippen MR) is 161 cm³/mol. The third-order valence-electron chi connectivity index (χ3n) is 6.51. The van der Waals surface area contributed by atoms with Gasteiger partial charge in [-0.3, -0.25) is 0 Å². The highest BCUT2D eigenvalue weighted by molar-refractivity contribution is 14.1. The topological polar surface area (TPSA) is 0 Å². The Kier molecular flexibility index (Phi) is 9.68. The first-order chi connectivity index (χ1) is 17.3. The molecule has 0 aliphatic heterocycles. The van der Waals surface area contributed by atoms with Gasteiger partial charge in [0.15, 0.2) is 0 Å². The lowest BCUT2D eigenvalue weighted by Crippen LogP contribution is -1.86. The number of halogens is 1. The van der Waals surface area contributed by atoms with E-state index in [9.17, 15) is 0 Å². The van der Waals surface area contributed by atoms with Gasteiger partial charge in [0.2, 0.25) is 0 Å². The maximum Gasteiger partial charge on any atom is 0.0328 e. The highest BCUT2D eigenvalue weighted by Gasteiger charge is 2.04. The van der Waals surface area contributed by atoms with Crippen molar-refractivity contribution < 1.29 is 0 Å². The van der Waals surface area contributed by atoms with Gasteiger partial charge in [0.25, 0.3) is 0 Å². The zero-order chi connectivity index (χ0) is 24.3. The Morgan fingerprint density at radius 2 is 0.971 bits per heavy atom. The van der Waals surface area contributed by atoms with E-state index < -0.39 is 0 Å². The lowest BCUT2D eigenvalue weighted by Gasteiger charge is -2.05. The van der Waals surface area contributed by atoms with Crippen LogP contribution in [-0.4, -0.2) is 0 Å². The fourth-order valence-corrected chi connectivity index (χ4v) is 5.18. The van der Waals surface area contributed by atoms with E-state index in [0.29, 0.717) is 0 Å². The third-order valence-corrected chi connectivity index (χ3v) is 7.45. The molecule has 0 saturated heterocycles. The van der Waals surface area contributed by atoms with E-state index >= 15 is 0 Å². The van der Waals surface area contributed by atoms with Crippen LogP contribution in [0.15, 0.2) is 72.8 Å². The Labute approximate surface area is 224 Å². The first kappa shape index (κ1) is 25.3. The summed E-state index contributed by atoms with van der Waals surface area (Å²) in [5, 5.41) is 4.83. The molecule has 4 rings (SSSR count). The molecule has 176 valence electrons. The van der Waals surface area contributed by atoms with E-state index in [4.69, 9.17) is 0 Å². The van der Waals surface area contributed by atoms with Gasteiger partial charge in [0.05, 0.1) is 0 Å². The molecule has 0 aliphatic rings. The van der Waals surface area contributed by atoms with Crippen LogP contribution in [0.5, 0.6) is 0 Å². The monoisotopic (exact) mass is 568 g/mol. The molecule has 4 aromatic rings. The third kappa shape index (κ3) is 6.90. The minimum absolute atomic E-state index is 0.977. The van der Waals surface area contributed by atoms with Gasteiger partial charge in [-0.25, -0.2) is 0 Å². The van der Waals surface area contributed by atoms with E-state index in [0.717, 1.165) is 23.1 Å². The average Bonchev–Trinajstić information content (AvgIpc) is 2.90. The van der Waals surface area contributed by atoms with E-state index in [-0.39, 0.29) is 0 Å². The minimum atomic E-state index is 0.977. The SMILES string of the molecule is CCCCCCCCCCC#Cc1ccc(C#Cc2ccc(I)c3ccccc23)c2ccccc12. The van der Waals surface area contributed by atoms with Crippen LogP contribution in [-0.2, 0) is 0 Å². The first-order valence-electron chi connectivity index (χ1n) is 13.0. The lowest BCUT2D eigenvalue weighted by atomic mass is 9.99. The fraction of sp³-hybridized carbons (Fsp3) is 0.294. The van der Waals surface area contributed by atoms with Crippen molar-refractivity contribution >= 4 is 44.1 Å². The second-order valence-electron chi connectivity index (χ2n) is 9.12. The van der Waals surface area contributed by atoms with Gasteiger partial charge in [0, 0.05) is 26.7 Å². The molecule has 1 heteroatoms. The minimum Gasteiger partial charge on any atom is -0.0979 e. The van der Waals surface area contributed by atoms with Gasteiger partial charge in [-0.1, -0.05) is 124 Å². The van der Waals surface area contributed by atoms with E-state index in [1.807, 2.05) is 0 Å². The molecule has 0 N–H and O–H groups in total. The van der Waals surface area contributed by atoms with Crippen LogP contribution in [0.3, 0.4) is 0 Å². The van der Waals surface area contributed by atoms with Crippen molar-refractivity contribution in [2.45, 2.75) is 64.7 Å². The number of hydrogen-bond acceptors (Lipinski definition) is 0. The van der Waals surface area contributed by atoms with Crippen molar-refractivity contribution in [3.63, 3.8) is 0 Å². The van der Waals surface area contributed by atoms with Gasteiger partial charge < -0.3 is 0 Å². The molecule has 0 radical (unpaired) electrons. The van der Waals surface area contributed by atoms with Gasteiger partial charge >= 0.3 is 0 Å². The second kappa shape index (κ2) is 13.4. The number of benzene rings is 4. The molecule has 0 unspecified atom stereocenters. The molecular weight excluding hydrogens is 535 g/mol. The Morgan fingerprint density at radius 1 is 0.514 bits per heavy atom. The smallest absolute Gasteiger partial charge is 0.0328 e. The van der Waals surface area contributed by atoms with Crippen LogP contribution < -0.4 is 0 Å². The first-order valence-corrected chi connectivity index (χ1v) is 14.1. The largest absolute Gasteiger partial charge is 0.0979 e. The standard InChI is InChI=1S/C34H33I/c1-2-3-4-5-6-7-8-9-10-11-16-27-21-22-28(31-18-13-12-17-30(27)31)23-24-29-25-26-34(35)33-20-15-14-19-32(29)33/h12-15,17-22,25-26H,2-10H2,1H3. The molecule has 0 amide bonds. The maximum atomic E-state index is 3.45. The zero-order valence-corrected chi connectivity index (χ0v) is 22.8. The van der Waals surface area contributed by atoms with Crippen LogP contribution in [0.25, 0.3) is 21.5 Å². The summed E-state index contributed by atoms with van der Waals surface area (Å²) in [6.45, 7) is 2.27. The zero-order valence-electron chi connectivity index (χ0n) is 20.7. The van der Waals surface area contributed by atoms with Gasteiger partial charge in [-0.2, -0.15) is 0 Å².